The van der Waals surface area contributed by atoms with Crippen molar-refractivity contribution < 1.29 is 23.4 Å². The summed E-state index contributed by atoms with van der Waals surface area (Å²) in [7, 11) is 0. The van der Waals surface area contributed by atoms with Gasteiger partial charge in [-0.15, -0.1) is 0 Å². The lowest BCUT2D eigenvalue weighted by atomic mass is 10.0. The Morgan fingerprint density at radius 1 is 0.923 bits per heavy atom. The molecule has 0 unspecified atom stereocenters. The van der Waals surface area contributed by atoms with Crippen LogP contribution in [0.15, 0.2) is 17.3 Å². The Balaban J connectivity index is 3.41. The van der Waals surface area contributed by atoms with Crippen molar-refractivity contribution in [2.45, 2.75) is 95.4 Å². The molecule has 2 N–H and O–H groups in total. The highest BCUT2D eigenvalue weighted by atomic mass is 19.4. The maximum atomic E-state index is 12.0. The molecule has 26 heavy (non-hydrogen) atoms. The number of hydrogen-bond acceptors (Lipinski definition) is 3. The van der Waals surface area contributed by atoms with Crippen LogP contribution in [0.3, 0.4) is 0 Å². The fraction of sp³-hybridized carbons (Fsp3) is 0.889. The molecule has 5 nitrogen and oxygen atoms in total. The van der Waals surface area contributed by atoms with Crippen LogP contribution in [0.4, 0.5) is 13.2 Å². The van der Waals surface area contributed by atoms with Gasteiger partial charge >= 0.3 is 6.18 Å². The molecule has 0 heterocycles. The van der Waals surface area contributed by atoms with Crippen molar-refractivity contribution in [3.63, 3.8) is 0 Å². The number of rotatable bonds is 16. The van der Waals surface area contributed by atoms with Gasteiger partial charge < -0.3 is 10.2 Å². The smallest absolute Gasteiger partial charge is 0.389 e. The van der Waals surface area contributed by atoms with Crippen molar-refractivity contribution in [2.24, 2.45) is 5.11 Å². The van der Waals surface area contributed by atoms with E-state index in [1.807, 2.05) is 6.08 Å². The fourth-order valence-electron chi connectivity index (χ4n) is 2.64. The molecule has 0 saturated heterocycles. The van der Waals surface area contributed by atoms with Crippen molar-refractivity contribution in [3.05, 3.63) is 22.6 Å². The Hall–Kier alpha value is -1.24. The third kappa shape index (κ3) is 16.2. The second-order valence-corrected chi connectivity index (χ2v) is 6.56. The summed E-state index contributed by atoms with van der Waals surface area (Å²) >= 11 is 0. The molecule has 0 aromatic heterocycles. The predicted molar refractivity (Wildman–Crippen MR) is 96.6 cm³/mol. The number of aliphatic hydroxyl groups excluding tert-OH is 2. The highest BCUT2D eigenvalue weighted by molar-refractivity contribution is 4.95. The van der Waals surface area contributed by atoms with Crippen LogP contribution >= 0.6 is 0 Å². The zero-order valence-corrected chi connectivity index (χ0v) is 15.4. The van der Waals surface area contributed by atoms with Crippen LogP contribution in [0.25, 0.3) is 10.4 Å². The monoisotopic (exact) mass is 379 g/mol. The summed E-state index contributed by atoms with van der Waals surface area (Å²) in [4.78, 5) is 2.58. The summed E-state index contributed by atoms with van der Waals surface area (Å²) < 4.78 is 35.9. The van der Waals surface area contributed by atoms with Crippen molar-refractivity contribution >= 4 is 0 Å². The second-order valence-electron chi connectivity index (χ2n) is 6.56. The first-order valence-electron chi connectivity index (χ1n) is 9.47. The van der Waals surface area contributed by atoms with E-state index in [0.717, 1.165) is 57.8 Å². The number of unbranched alkanes of at least 4 members (excludes halogenated alkanes) is 10. The average Bonchev–Trinajstić information content (AvgIpc) is 2.58. The Morgan fingerprint density at radius 2 is 1.42 bits per heavy atom. The summed E-state index contributed by atoms with van der Waals surface area (Å²) in [5, 5.41) is 22.0. The number of nitrogens with zero attached hydrogens (tertiary/aromatic N) is 3. The number of halogens is 3. The average molecular weight is 379 g/mol. The van der Waals surface area contributed by atoms with Gasteiger partial charge in [0.2, 0.25) is 0 Å². The van der Waals surface area contributed by atoms with Gasteiger partial charge in [0.05, 0.1) is 18.8 Å². The standard InChI is InChI=1S/C18H32F3N3O2/c19-18(20,21)14-12-10-8-6-4-2-1-3-5-7-9-11-13-17(26)16(15-25)23-24-22/h11,13,16-17,25-26H,1-10,12,14-15H2/b13-11+/t16-,17+/m0/s1. The van der Waals surface area contributed by atoms with Crippen LogP contribution in [0.1, 0.15) is 77.0 Å². The SMILES string of the molecule is [N-]=[N+]=N[C@@H](CO)[C@H](O)/C=C/CCCCCCCCCCCCC(F)(F)F. The van der Waals surface area contributed by atoms with Gasteiger partial charge in [0.15, 0.2) is 0 Å². The largest absolute Gasteiger partial charge is 0.396 e. The molecular weight excluding hydrogens is 347 g/mol. The van der Waals surface area contributed by atoms with Crippen LogP contribution in [0, 0.1) is 0 Å². The Kier molecular flexibility index (Phi) is 15.2. The summed E-state index contributed by atoms with van der Waals surface area (Å²) in [5.41, 5.74) is 8.30. The third-order valence-electron chi connectivity index (χ3n) is 4.20. The van der Waals surface area contributed by atoms with E-state index in [1.54, 1.807) is 6.08 Å². The van der Waals surface area contributed by atoms with E-state index < -0.39 is 31.3 Å². The zero-order valence-electron chi connectivity index (χ0n) is 15.4. The highest BCUT2D eigenvalue weighted by Crippen LogP contribution is 2.23. The molecule has 152 valence electrons. The Morgan fingerprint density at radius 3 is 1.88 bits per heavy atom. The molecule has 0 aromatic carbocycles. The van der Waals surface area contributed by atoms with Crippen LogP contribution in [0.2, 0.25) is 0 Å². The lowest BCUT2D eigenvalue weighted by molar-refractivity contribution is -0.135. The van der Waals surface area contributed by atoms with E-state index >= 15 is 0 Å². The zero-order chi connectivity index (χ0) is 19.7. The van der Waals surface area contributed by atoms with Gasteiger partial charge in [-0.25, -0.2) is 0 Å². The fourth-order valence-corrected chi connectivity index (χ4v) is 2.64. The number of allylic oxidation sites excluding steroid dienone is 1. The molecule has 0 aliphatic carbocycles. The molecule has 2 atom stereocenters. The number of alkyl halides is 3. The molecule has 0 spiro atoms. The van der Waals surface area contributed by atoms with E-state index in [-0.39, 0.29) is 6.42 Å². The lowest BCUT2D eigenvalue weighted by Crippen LogP contribution is -2.25. The number of azide groups is 1. The van der Waals surface area contributed by atoms with Crippen LogP contribution < -0.4 is 0 Å². The molecule has 0 aliphatic rings. The first-order valence-corrected chi connectivity index (χ1v) is 9.47. The molecule has 8 heteroatoms. The minimum absolute atomic E-state index is 0.244. The Labute approximate surface area is 153 Å². The maximum absolute atomic E-state index is 12.0. The summed E-state index contributed by atoms with van der Waals surface area (Å²) in [6.07, 6.45) is 7.93. The third-order valence-corrected chi connectivity index (χ3v) is 4.20. The lowest BCUT2D eigenvalue weighted by Gasteiger charge is -2.11. The predicted octanol–water partition coefficient (Wildman–Crippen LogP) is 5.82. The van der Waals surface area contributed by atoms with E-state index in [9.17, 15) is 18.3 Å². The molecule has 0 aliphatic heterocycles. The van der Waals surface area contributed by atoms with E-state index in [0.29, 0.717) is 6.42 Å². The molecule has 0 bridgehead atoms. The van der Waals surface area contributed by atoms with Gasteiger partial charge in [-0.2, -0.15) is 13.2 Å². The number of hydrogen-bond donors (Lipinski definition) is 2. The van der Waals surface area contributed by atoms with Crippen LogP contribution in [-0.4, -0.2) is 35.1 Å². The van der Waals surface area contributed by atoms with Crippen molar-refractivity contribution in [2.75, 3.05) is 6.61 Å². The van der Waals surface area contributed by atoms with Gasteiger partial charge in [-0.05, 0) is 24.8 Å². The van der Waals surface area contributed by atoms with Gasteiger partial charge in [-0.1, -0.05) is 68.6 Å². The molecule has 0 fully saturated rings. The topological polar surface area (TPSA) is 89.2 Å². The van der Waals surface area contributed by atoms with Gasteiger partial charge in [0.25, 0.3) is 0 Å². The first-order chi connectivity index (χ1) is 12.4. The molecule has 0 aromatic rings. The second kappa shape index (κ2) is 16.0. The minimum Gasteiger partial charge on any atom is -0.396 e. The van der Waals surface area contributed by atoms with Gasteiger partial charge in [0, 0.05) is 11.3 Å². The molecule has 0 radical (unpaired) electrons. The van der Waals surface area contributed by atoms with Crippen molar-refractivity contribution in [1.82, 2.24) is 0 Å². The summed E-state index contributed by atoms with van der Waals surface area (Å²) in [6, 6.07) is -0.843. The van der Waals surface area contributed by atoms with Crippen molar-refractivity contribution in [1.29, 1.82) is 0 Å². The molecular formula is C18H32F3N3O2. The molecule has 0 rings (SSSR count). The van der Waals surface area contributed by atoms with E-state index in [4.69, 9.17) is 10.6 Å². The molecule has 0 amide bonds. The highest BCUT2D eigenvalue weighted by Gasteiger charge is 2.25. The Bertz CT molecular complexity index is 411. The normalized spacial score (nSPS) is 14.3. The first kappa shape index (κ1) is 24.8. The van der Waals surface area contributed by atoms with Crippen LogP contribution in [-0.2, 0) is 0 Å². The van der Waals surface area contributed by atoms with Crippen molar-refractivity contribution in [3.8, 4) is 0 Å². The number of aliphatic hydroxyl groups is 2. The van der Waals surface area contributed by atoms with Crippen LogP contribution in [0.5, 0.6) is 0 Å². The van der Waals surface area contributed by atoms with Gasteiger partial charge in [0.1, 0.15) is 0 Å². The minimum atomic E-state index is -4.02. The maximum Gasteiger partial charge on any atom is 0.389 e. The van der Waals surface area contributed by atoms with E-state index in [1.165, 1.54) is 0 Å². The summed E-state index contributed by atoms with van der Waals surface area (Å²) in [6.45, 7) is -0.391. The van der Waals surface area contributed by atoms with Gasteiger partial charge in [-0.3, -0.25) is 0 Å². The molecule has 0 saturated carbocycles. The quantitative estimate of drug-likeness (QED) is 0.116. The summed E-state index contributed by atoms with van der Waals surface area (Å²) in [5.74, 6) is 0. The van der Waals surface area contributed by atoms with E-state index in [2.05, 4.69) is 10.0 Å².